The van der Waals surface area contributed by atoms with E-state index in [4.69, 9.17) is 10.5 Å². The number of ether oxygens (including phenoxy) is 1. The number of carbonyl (C=O) groups excluding carboxylic acids is 1. The van der Waals surface area contributed by atoms with Crippen LogP contribution < -0.4 is 15.8 Å². The predicted octanol–water partition coefficient (Wildman–Crippen LogP) is 0.643. The zero-order valence-electron chi connectivity index (χ0n) is 11.2. The Morgan fingerprint density at radius 1 is 1.55 bits per heavy atom. The van der Waals surface area contributed by atoms with Crippen molar-refractivity contribution in [2.75, 3.05) is 11.9 Å². The van der Waals surface area contributed by atoms with Gasteiger partial charge >= 0.3 is 0 Å². The average molecular weight is 275 g/mol. The summed E-state index contributed by atoms with van der Waals surface area (Å²) in [7, 11) is 0. The highest BCUT2D eigenvalue weighted by Crippen LogP contribution is 2.17. The minimum absolute atomic E-state index is 0.232. The van der Waals surface area contributed by atoms with Crippen molar-refractivity contribution in [3.63, 3.8) is 0 Å². The van der Waals surface area contributed by atoms with Gasteiger partial charge in [0.25, 0.3) is 0 Å². The number of rotatable bonds is 6. The highest BCUT2D eigenvalue weighted by atomic mass is 16.5. The molecule has 0 spiro atoms. The predicted molar refractivity (Wildman–Crippen MR) is 74.2 cm³/mol. The van der Waals surface area contributed by atoms with Gasteiger partial charge in [0.05, 0.1) is 12.6 Å². The van der Waals surface area contributed by atoms with Crippen LogP contribution in [0.4, 0.5) is 5.69 Å². The number of hydrogen-bond acceptors (Lipinski definition) is 5. The lowest BCUT2D eigenvalue weighted by Gasteiger charge is -2.10. The molecule has 2 rings (SSSR count). The summed E-state index contributed by atoms with van der Waals surface area (Å²) in [6.45, 7) is 2.71. The van der Waals surface area contributed by atoms with E-state index in [0.29, 0.717) is 24.6 Å². The molecule has 2 aromatic rings. The third-order valence-electron chi connectivity index (χ3n) is 2.57. The molecule has 0 fully saturated rings. The van der Waals surface area contributed by atoms with E-state index in [0.717, 1.165) is 0 Å². The Hall–Kier alpha value is -2.41. The first kappa shape index (κ1) is 14.0. The van der Waals surface area contributed by atoms with Crippen molar-refractivity contribution < 1.29 is 9.53 Å². The van der Waals surface area contributed by atoms with Crippen LogP contribution >= 0.6 is 0 Å². The second-order valence-corrected chi connectivity index (χ2v) is 4.31. The second-order valence-electron chi connectivity index (χ2n) is 4.31. The molecule has 3 N–H and O–H groups in total. The molecule has 0 radical (unpaired) electrons. The van der Waals surface area contributed by atoms with E-state index in [9.17, 15) is 4.79 Å². The number of carbonyl (C=O) groups is 1. The van der Waals surface area contributed by atoms with Crippen molar-refractivity contribution in [3.05, 3.63) is 36.9 Å². The normalized spacial score (nSPS) is 11.9. The summed E-state index contributed by atoms with van der Waals surface area (Å²) in [5.41, 5.74) is 6.16. The molecule has 1 heterocycles. The number of nitrogens with zero attached hydrogens (tertiary/aromatic N) is 3. The Kier molecular flexibility index (Phi) is 4.67. The molecule has 0 aliphatic rings. The van der Waals surface area contributed by atoms with Crippen molar-refractivity contribution in [1.82, 2.24) is 14.8 Å². The maximum atomic E-state index is 11.5. The van der Waals surface area contributed by atoms with Crippen LogP contribution in [0.15, 0.2) is 36.9 Å². The fourth-order valence-electron chi connectivity index (χ4n) is 1.52. The first-order valence-corrected chi connectivity index (χ1v) is 6.27. The number of hydrogen-bond donors (Lipinski definition) is 2. The van der Waals surface area contributed by atoms with Gasteiger partial charge in [0.2, 0.25) is 5.91 Å². The van der Waals surface area contributed by atoms with Crippen molar-refractivity contribution >= 4 is 11.6 Å². The highest BCUT2D eigenvalue weighted by molar-refractivity contribution is 5.94. The molecule has 106 valence electrons. The largest absolute Gasteiger partial charge is 0.492 e. The summed E-state index contributed by atoms with van der Waals surface area (Å²) in [5, 5.41) is 6.69. The Morgan fingerprint density at radius 3 is 3.10 bits per heavy atom. The van der Waals surface area contributed by atoms with Gasteiger partial charge in [0.15, 0.2) is 0 Å². The average Bonchev–Trinajstić information content (AvgIpc) is 2.92. The second kappa shape index (κ2) is 6.67. The van der Waals surface area contributed by atoms with E-state index >= 15 is 0 Å². The number of aromatic nitrogens is 3. The van der Waals surface area contributed by atoms with Crippen LogP contribution in [0.5, 0.6) is 5.75 Å². The van der Waals surface area contributed by atoms with Gasteiger partial charge in [0.1, 0.15) is 25.0 Å². The SMILES string of the molecule is CC(N)C(=O)Nc1cccc(OCCn2cncn2)c1. The van der Waals surface area contributed by atoms with Crippen LogP contribution in [0.2, 0.25) is 0 Å². The number of anilines is 1. The van der Waals surface area contributed by atoms with Gasteiger partial charge in [-0.25, -0.2) is 9.67 Å². The quantitative estimate of drug-likeness (QED) is 0.806. The Balaban J connectivity index is 1.87. The number of benzene rings is 1. The van der Waals surface area contributed by atoms with Crippen LogP contribution in [0.3, 0.4) is 0 Å². The molecule has 1 amide bonds. The molecule has 1 aromatic heterocycles. The molecule has 0 bridgehead atoms. The van der Waals surface area contributed by atoms with Gasteiger partial charge in [0, 0.05) is 11.8 Å². The molecule has 7 nitrogen and oxygen atoms in total. The molecule has 1 aromatic carbocycles. The van der Waals surface area contributed by atoms with Crippen LogP contribution in [0, 0.1) is 0 Å². The van der Waals surface area contributed by atoms with E-state index in [-0.39, 0.29) is 5.91 Å². The van der Waals surface area contributed by atoms with Gasteiger partial charge in [-0.15, -0.1) is 0 Å². The molecule has 1 atom stereocenters. The van der Waals surface area contributed by atoms with Gasteiger partial charge in [-0.3, -0.25) is 4.79 Å². The Labute approximate surface area is 116 Å². The third kappa shape index (κ3) is 4.06. The Morgan fingerprint density at radius 2 is 2.40 bits per heavy atom. The van der Waals surface area contributed by atoms with Crippen LogP contribution in [-0.2, 0) is 11.3 Å². The van der Waals surface area contributed by atoms with Gasteiger partial charge in [-0.1, -0.05) is 6.07 Å². The lowest BCUT2D eigenvalue weighted by molar-refractivity contribution is -0.117. The maximum absolute atomic E-state index is 11.5. The third-order valence-corrected chi connectivity index (χ3v) is 2.57. The van der Waals surface area contributed by atoms with E-state index in [1.807, 2.05) is 12.1 Å². The molecule has 20 heavy (non-hydrogen) atoms. The highest BCUT2D eigenvalue weighted by Gasteiger charge is 2.07. The van der Waals surface area contributed by atoms with E-state index in [2.05, 4.69) is 15.4 Å². The number of amides is 1. The molecule has 0 aliphatic heterocycles. The summed E-state index contributed by atoms with van der Waals surface area (Å²) in [4.78, 5) is 15.3. The van der Waals surface area contributed by atoms with Crippen molar-refractivity contribution in [2.24, 2.45) is 5.73 Å². The van der Waals surface area contributed by atoms with E-state index in [1.54, 1.807) is 30.1 Å². The number of nitrogens with one attached hydrogen (secondary N) is 1. The van der Waals surface area contributed by atoms with Crippen LogP contribution in [0.25, 0.3) is 0 Å². The van der Waals surface area contributed by atoms with Gasteiger partial charge in [-0.05, 0) is 19.1 Å². The molecular weight excluding hydrogens is 258 g/mol. The minimum atomic E-state index is -0.549. The van der Waals surface area contributed by atoms with E-state index < -0.39 is 6.04 Å². The monoisotopic (exact) mass is 275 g/mol. The summed E-state index contributed by atoms with van der Waals surface area (Å²) in [5.74, 6) is 0.442. The molecule has 0 saturated heterocycles. The van der Waals surface area contributed by atoms with Gasteiger partial charge in [-0.2, -0.15) is 5.10 Å². The van der Waals surface area contributed by atoms with Crippen LogP contribution in [-0.4, -0.2) is 33.3 Å². The number of nitrogens with two attached hydrogens (primary N) is 1. The summed E-state index contributed by atoms with van der Waals surface area (Å²) >= 11 is 0. The molecule has 0 saturated carbocycles. The fraction of sp³-hybridized carbons (Fsp3) is 0.308. The molecule has 0 aliphatic carbocycles. The smallest absolute Gasteiger partial charge is 0.241 e. The summed E-state index contributed by atoms with van der Waals surface area (Å²) < 4.78 is 7.27. The summed E-state index contributed by atoms with van der Waals surface area (Å²) in [6.07, 6.45) is 3.10. The minimum Gasteiger partial charge on any atom is -0.492 e. The van der Waals surface area contributed by atoms with Crippen molar-refractivity contribution in [3.8, 4) is 5.75 Å². The summed E-state index contributed by atoms with van der Waals surface area (Å²) in [6, 6.07) is 6.61. The standard InChI is InChI=1S/C13H17N5O2/c1-10(14)13(19)17-11-3-2-4-12(7-11)20-6-5-18-9-15-8-16-18/h2-4,7-10H,5-6,14H2,1H3,(H,17,19). The first-order chi connectivity index (χ1) is 9.65. The van der Waals surface area contributed by atoms with Crippen molar-refractivity contribution in [1.29, 1.82) is 0 Å². The Bertz CT molecular complexity index is 554. The fourth-order valence-corrected chi connectivity index (χ4v) is 1.52. The lowest BCUT2D eigenvalue weighted by atomic mass is 10.2. The van der Waals surface area contributed by atoms with Crippen molar-refractivity contribution in [2.45, 2.75) is 19.5 Å². The molecule has 7 heteroatoms. The van der Waals surface area contributed by atoms with Crippen LogP contribution in [0.1, 0.15) is 6.92 Å². The van der Waals surface area contributed by atoms with E-state index in [1.165, 1.54) is 6.33 Å². The molecule has 1 unspecified atom stereocenters. The lowest BCUT2D eigenvalue weighted by Crippen LogP contribution is -2.32. The molecular formula is C13H17N5O2. The topological polar surface area (TPSA) is 95.1 Å². The zero-order valence-corrected chi connectivity index (χ0v) is 11.2. The maximum Gasteiger partial charge on any atom is 0.241 e. The van der Waals surface area contributed by atoms with Gasteiger partial charge < -0.3 is 15.8 Å². The first-order valence-electron chi connectivity index (χ1n) is 6.27. The zero-order chi connectivity index (χ0) is 14.4.